The first-order valence-corrected chi connectivity index (χ1v) is 12.5. The number of hydrogen-bond donors (Lipinski definition) is 1. The molecule has 1 atom stereocenters. The van der Waals surface area contributed by atoms with E-state index in [2.05, 4.69) is 24.4 Å². The van der Waals surface area contributed by atoms with Gasteiger partial charge < -0.3 is 5.32 Å². The summed E-state index contributed by atoms with van der Waals surface area (Å²) in [6.45, 7) is 8.14. The van der Waals surface area contributed by atoms with Crippen LogP contribution in [0.3, 0.4) is 0 Å². The van der Waals surface area contributed by atoms with Gasteiger partial charge >= 0.3 is 0 Å². The van der Waals surface area contributed by atoms with Crippen molar-refractivity contribution in [3.8, 4) is 0 Å². The zero-order valence-electron chi connectivity index (χ0n) is 19.5. The molecule has 7 heteroatoms. The van der Waals surface area contributed by atoms with Gasteiger partial charge in [-0.1, -0.05) is 24.3 Å². The van der Waals surface area contributed by atoms with E-state index in [9.17, 15) is 17.6 Å². The molecule has 1 amide bonds. The smallest absolute Gasteiger partial charge is 0.251 e. The zero-order chi connectivity index (χ0) is 24.3. The zero-order valence-corrected chi connectivity index (χ0v) is 20.3. The van der Waals surface area contributed by atoms with Crippen LogP contribution in [0.2, 0.25) is 0 Å². The Morgan fingerprint density at radius 1 is 0.939 bits per heavy atom. The topological polar surface area (TPSA) is 66.5 Å². The van der Waals surface area contributed by atoms with Gasteiger partial charge in [-0.25, -0.2) is 12.8 Å². The van der Waals surface area contributed by atoms with Gasteiger partial charge in [0.15, 0.2) is 0 Å². The van der Waals surface area contributed by atoms with Crippen LogP contribution < -0.4 is 9.62 Å². The lowest BCUT2D eigenvalue weighted by Gasteiger charge is -2.23. The molecule has 0 aliphatic heterocycles. The van der Waals surface area contributed by atoms with Gasteiger partial charge in [0.2, 0.25) is 10.0 Å². The van der Waals surface area contributed by atoms with Gasteiger partial charge in [0.05, 0.1) is 24.5 Å². The SMILES string of the molecule is Cc1cc(C)c([C@H](C)NC(=O)c2ccc(N(Cc3ccc(F)cc3)S(C)(=O)=O)cc2)cc1C. The van der Waals surface area contributed by atoms with Crippen molar-refractivity contribution >= 4 is 21.6 Å². The van der Waals surface area contributed by atoms with Crippen molar-refractivity contribution in [3.05, 3.63) is 99.9 Å². The lowest BCUT2D eigenvalue weighted by molar-refractivity contribution is 0.0940. The highest BCUT2D eigenvalue weighted by Gasteiger charge is 2.19. The lowest BCUT2D eigenvalue weighted by Crippen LogP contribution is -2.30. The number of aryl methyl sites for hydroxylation is 3. The molecule has 0 aromatic heterocycles. The number of carbonyl (C=O) groups is 1. The van der Waals surface area contributed by atoms with Crippen molar-refractivity contribution in [2.45, 2.75) is 40.3 Å². The first-order valence-electron chi connectivity index (χ1n) is 10.7. The maximum Gasteiger partial charge on any atom is 0.251 e. The van der Waals surface area contributed by atoms with E-state index in [0.29, 0.717) is 16.8 Å². The van der Waals surface area contributed by atoms with E-state index in [1.807, 2.05) is 20.8 Å². The highest BCUT2D eigenvalue weighted by Crippen LogP contribution is 2.24. The fraction of sp³-hybridized carbons (Fsp3) is 0.269. The van der Waals surface area contributed by atoms with Crippen LogP contribution in [-0.4, -0.2) is 20.6 Å². The molecule has 3 rings (SSSR count). The molecule has 0 aliphatic rings. The molecule has 33 heavy (non-hydrogen) atoms. The van der Waals surface area contributed by atoms with Gasteiger partial charge in [-0.2, -0.15) is 0 Å². The van der Waals surface area contributed by atoms with Crippen molar-refractivity contribution in [2.75, 3.05) is 10.6 Å². The Balaban J connectivity index is 1.78. The van der Waals surface area contributed by atoms with Gasteiger partial charge in [-0.3, -0.25) is 9.10 Å². The number of amides is 1. The average molecular weight is 469 g/mol. The Kier molecular flexibility index (Phi) is 7.22. The Morgan fingerprint density at radius 3 is 2.09 bits per heavy atom. The average Bonchev–Trinajstić information content (AvgIpc) is 2.75. The Bertz CT molecular complexity index is 1250. The lowest BCUT2D eigenvalue weighted by atomic mass is 9.96. The van der Waals surface area contributed by atoms with Gasteiger partial charge in [-0.05, 0) is 91.9 Å². The maximum absolute atomic E-state index is 13.2. The second-order valence-corrected chi connectivity index (χ2v) is 10.3. The van der Waals surface area contributed by atoms with E-state index in [-0.39, 0.29) is 24.3 Å². The fourth-order valence-electron chi connectivity index (χ4n) is 3.74. The fourth-order valence-corrected chi connectivity index (χ4v) is 4.63. The minimum atomic E-state index is -3.59. The summed E-state index contributed by atoms with van der Waals surface area (Å²) in [5, 5.41) is 3.02. The molecule has 1 N–H and O–H groups in total. The van der Waals surface area contributed by atoms with Crippen LogP contribution in [0.5, 0.6) is 0 Å². The number of anilines is 1. The van der Waals surface area contributed by atoms with Crippen LogP contribution >= 0.6 is 0 Å². The van der Waals surface area contributed by atoms with E-state index in [0.717, 1.165) is 17.4 Å². The molecule has 0 saturated carbocycles. The van der Waals surface area contributed by atoms with Crippen molar-refractivity contribution in [1.29, 1.82) is 0 Å². The van der Waals surface area contributed by atoms with Crippen molar-refractivity contribution in [2.24, 2.45) is 0 Å². The van der Waals surface area contributed by atoms with Gasteiger partial charge in [-0.15, -0.1) is 0 Å². The van der Waals surface area contributed by atoms with Crippen LogP contribution in [0.25, 0.3) is 0 Å². The highest BCUT2D eigenvalue weighted by atomic mass is 32.2. The molecule has 5 nitrogen and oxygen atoms in total. The Hall–Kier alpha value is -3.19. The Morgan fingerprint density at radius 2 is 1.52 bits per heavy atom. The molecular weight excluding hydrogens is 439 g/mol. The number of rotatable bonds is 7. The molecule has 0 heterocycles. The molecule has 0 spiro atoms. The second-order valence-electron chi connectivity index (χ2n) is 8.43. The predicted molar refractivity (Wildman–Crippen MR) is 130 cm³/mol. The minimum absolute atomic E-state index is 0.0632. The van der Waals surface area contributed by atoms with Crippen LogP contribution in [-0.2, 0) is 16.6 Å². The number of nitrogens with one attached hydrogen (secondary N) is 1. The standard InChI is InChI=1S/C26H29FN2O3S/c1-17-14-19(3)25(15-18(17)2)20(4)28-26(30)22-8-12-24(13-9-22)29(33(5,31)32)16-21-6-10-23(27)11-7-21/h6-15,20H,16H2,1-5H3,(H,28,30)/t20-/m0/s1. The largest absolute Gasteiger partial charge is 0.346 e. The summed E-state index contributed by atoms with van der Waals surface area (Å²) in [6.07, 6.45) is 1.12. The summed E-state index contributed by atoms with van der Waals surface area (Å²) in [5.74, 6) is -0.624. The number of benzene rings is 3. The first kappa shape index (κ1) is 24.5. The molecule has 0 saturated heterocycles. The van der Waals surface area contributed by atoms with Crippen LogP contribution in [0.15, 0.2) is 60.7 Å². The maximum atomic E-state index is 13.2. The monoisotopic (exact) mass is 468 g/mol. The third-order valence-corrected chi connectivity index (χ3v) is 6.89. The summed E-state index contributed by atoms with van der Waals surface area (Å²) in [7, 11) is -3.59. The third kappa shape index (κ3) is 5.99. The quantitative estimate of drug-likeness (QED) is 0.518. The van der Waals surface area contributed by atoms with Gasteiger partial charge in [0.25, 0.3) is 5.91 Å². The van der Waals surface area contributed by atoms with Crippen molar-refractivity contribution < 1.29 is 17.6 Å². The van der Waals surface area contributed by atoms with Crippen LogP contribution in [0.1, 0.15) is 51.1 Å². The van der Waals surface area contributed by atoms with Crippen molar-refractivity contribution in [3.63, 3.8) is 0 Å². The molecule has 3 aromatic rings. The summed E-state index contributed by atoms with van der Waals surface area (Å²) < 4.78 is 39.2. The van der Waals surface area contributed by atoms with E-state index >= 15 is 0 Å². The normalized spacial score (nSPS) is 12.3. The molecule has 0 unspecified atom stereocenters. The molecule has 174 valence electrons. The molecule has 0 bridgehead atoms. The number of hydrogen-bond acceptors (Lipinski definition) is 3. The first-order chi connectivity index (χ1) is 15.5. The number of nitrogens with zero attached hydrogens (tertiary/aromatic N) is 1. The van der Waals surface area contributed by atoms with Crippen LogP contribution in [0.4, 0.5) is 10.1 Å². The van der Waals surface area contributed by atoms with E-state index in [4.69, 9.17) is 0 Å². The van der Waals surface area contributed by atoms with E-state index < -0.39 is 10.0 Å². The molecule has 0 aliphatic carbocycles. The summed E-state index contributed by atoms with van der Waals surface area (Å²) >= 11 is 0. The number of halogens is 1. The summed E-state index contributed by atoms with van der Waals surface area (Å²) in [5.41, 5.74) is 6.07. The van der Waals surface area contributed by atoms with Crippen molar-refractivity contribution in [1.82, 2.24) is 5.32 Å². The number of sulfonamides is 1. The second kappa shape index (κ2) is 9.75. The highest BCUT2D eigenvalue weighted by molar-refractivity contribution is 7.92. The summed E-state index contributed by atoms with van der Waals surface area (Å²) in [4.78, 5) is 12.8. The number of carbonyl (C=O) groups excluding carboxylic acids is 1. The minimum Gasteiger partial charge on any atom is -0.346 e. The predicted octanol–water partition coefficient (Wildman–Crippen LogP) is 5.21. The Labute approximate surface area is 195 Å². The molecule has 0 radical (unpaired) electrons. The summed E-state index contributed by atoms with van der Waals surface area (Å²) in [6, 6.07) is 16.1. The van der Waals surface area contributed by atoms with E-state index in [1.165, 1.54) is 27.6 Å². The molecule has 0 fully saturated rings. The third-order valence-electron chi connectivity index (χ3n) is 5.75. The molecular formula is C26H29FN2O3S. The van der Waals surface area contributed by atoms with Crippen LogP contribution in [0, 0.1) is 26.6 Å². The van der Waals surface area contributed by atoms with Gasteiger partial charge in [0, 0.05) is 5.56 Å². The van der Waals surface area contributed by atoms with E-state index in [1.54, 1.807) is 36.4 Å². The molecule has 3 aromatic carbocycles. The van der Waals surface area contributed by atoms with Gasteiger partial charge in [0.1, 0.15) is 5.82 Å².